The van der Waals surface area contributed by atoms with E-state index in [1.807, 2.05) is 0 Å². The molecule has 1 atom stereocenters. The third-order valence-corrected chi connectivity index (χ3v) is 2.94. The molecule has 0 aliphatic heterocycles. The van der Waals surface area contributed by atoms with Gasteiger partial charge in [0.05, 0.1) is 5.02 Å². The summed E-state index contributed by atoms with van der Waals surface area (Å²) in [7, 11) is 0. The first-order chi connectivity index (χ1) is 7.07. The Bertz CT molecular complexity index is 344. The van der Waals surface area contributed by atoms with Crippen LogP contribution in [0, 0.1) is 5.82 Å². The second-order valence-electron chi connectivity index (χ2n) is 3.51. The van der Waals surface area contributed by atoms with Gasteiger partial charge in [-0.25, -0.2) is 4.39 Å². The molecule has 1 rings (SSSR count). The fourth-order valence-electron chi connectivity index (χ4n) is 1.45. The summed E-state index contributed by atoms with van der Waals surface area (Å²) >= 11 is 11.6. The first-order valence-electron chi connectivity index (χ1n) is 4.96. The van der Waals surface area contributed by atoms with Crippen molar-refractivity contribution in [3.8, 4) is 0 Å². The first-order valence-corrected chi connectivity index (χ1v) is 5.72. The molecule has 2 N–H and O–H groups in total. The minimum atomic E-state index is -0.493. The standard InChI is InChI=1S/C11H14Cl2FN.ClH/c1-2-3-4-9(15)10-7(12)5-6-8(13)11(10)14;/h5-6,9H,2-4,15H2,1H3;1H/t9-;/m1./s1. The maximum atomic E-state index is 13.6. The van der Waals surface area contributed by atoms with Crippen LogP contribution >= 0.6 is 35.6 Å². The van der Waals surface area contributed by atoms with Crippen molar-refractivity contribution >= 4 is 35.6 Å². The summed E-state index contributed by atoms with van der Waals surface area (Å²) < 4.78 is 13.6. The molecular weight excluding hydrogens is 271 g/mol. The maximum absolute atomic E-state index is 13.6. The second kappa shape index (κ2) is 7.33. The van der Waals surface area contributed by atoms with Crippen LogP contribution in [0.3, 0.4) is 0 Å². The van der Waals surface area contributed by atoms with Gasteiger partial charge in [-0.3, -0.25) is 0 Å². The molecule has 0 saturated heterocycles. The van der Waals surface area contributed by atoms with Gasteiger partial charge in [-0.1, -0.05) is 43.0 Å². The summed E-state index contributed by atoms with van der Waals surface area (Å²) in [4.78, 5) is 0. The molecule has 0 saturated carbocycles. The maximum Gasteiger partial charge on any atom is 0.148 e. The number of nitrogens with two attached hydrogens (primary N) is 1. The highest BCUT2D eigenvalue weighted by molar-refractivity contribution is 6.33. The van der Waals surface area contributed by atoms with Gasteiger partial charge in [-0.15, -0.1) is 12.4 Å². The Balaban J connectivity index is 0.00000225. The lowest BCUT2D eigenvalue weighted by Crippen LogP contribution is -2.13. The zero-order valence-electron chi connectivity index (χ0n) is 8.97. The predicted octanol–water partition coefficient (Wildman–Crippen LogP) is 4.74. The van der Waals surface area contributed by atoms with Gasteiger partial charge < -0.3 is 5.73 Å². The summed E-state index contributed by atoms with van der Waals surface area (Å²) in [6, 6.07) is 2.64. The van der Waals surface area contributed by atoms with Crippen LogP contribution in [0.25, 0.3) is 0 Å². The average Bonchev–Trinajstić information content (AvgIpc) is 2.21. The fraction of sp³-hybridized carbons (Fsp3) is 0.455. The number of hydrogen-bond acceptors (Lipinski definition) is 1. The number of hydrogen-bond donors (Lipinski definition) is 1. The summed E-state index contributed by atoms with van der Waals surface area (Å²) in [6.07, 6.45) is 2.68. The van der Waals surface area contributed by atoms with Crippen LogP contribution in [0.4, 0.5) is 4.39 Å². The van der Waals surface area contributed by atoms with E-state index in [0.29, 0.717) is 17.0 Å². The molecular formula is C11H15Cl3FN. The molecule has 16 heavy (non-hydrogen) atoms. The van der Waals surface area contributed by atoms with Gasteiger partial charge in [0, 0.05) is 16.6 Å². The van der Waals surface area contributed by atoms with Crippen LogP contribution in [-0.4, -0.2) is 0 Å². The number of benzene rings is 1. The van der Waals surface area contributed by atoms with Crippen molar-refractivity contribution in [1.29, 1.82) is 0 Å². The van der Waals surface area contributed by atoms with E-state index < -0.39 is 5.82 Å². The number of rotatable bonds is 4. The molecule has 0 amide bonds. The van der Waals surface area contributed by atoms with E-state index in [1.54, 1.807) is 6.07 Å². The lowest BCUT2D eigenvalue weighted by atomic mass is 10.0. The zero-order valence-corrected chi connectivity index (χ0v) is 11.3. The van der Waals surface area contributed by atoms with E-state index in [-0.39, 0.29) is 23.5 Å². The molecule has 92 valence electrons. The van der Waals surface area contributed by atoms with E-state index in [1.165, 1.54) is 6.07 Å². The molecule has 0 heterocycles. The molecule has 0 bridgehead atoms. The minimum absolute atomic E-state index is 0. The Morgan fingerprint density at radius 3 is 2.44 bits per heavy atom. The van der Waals surface area contributed by atoms with Gasteiger partial charge in [0.25, 0.3) is 0 Å². The molecule has 0 fully saturated rings. The molecule has 0 spiro atoms. The van der Waals surface area contributed by atoms with E-state index in [4.69, 9.17) is 28.9 Å². The lowest BCUT2D eigenvalue weighted by molar-refractivity contribution is 0.548. The molecule has 1 nitrogen and oxygen atoms in total. The molecule has 0 unspecified atom stereocenters. The minimum Gasteiger partial charge on any atom is -0.324 e. The third-order valence-electron chi connectivity index (χ3n) is 2.32. The van der Waals surface area contributed by atoms with Crippen LogP contribution in [-0.2, 0) is 0 Å². The van der Waals surface area contributed by atoms with Gasteiger partial charge in [-0.2, -0.15) is 0 Å². The SMILES string of the molecule is CCCC[C@@H](N)c1c(Cl)ccc(Cl)c1F.Cl. The first kappa shape index (κ1) is 16.0. The second-order valence-corrected chi connectivity index (χ2v) is 4.32. The summed E-state index contributed by atoms with van der Waals surface area (Å²) in [6.45, 7) is 2.06. The van der Waals surface area contributed by atoms with Crippen molar-refractivity contribution in [2.75, 3.05) is 0 Å². The van der Waals surface area contributed by atoms with Crippen LogP contribution in [0.1, 0.15) is 37.8 Å². The number of halogens is 4. The smallest absolute Gasteiger partial charge is 0.148 e. The molecule has 0 radical (unpaired) electrons. The van der Waals surface area contributed by atoms with E-state index in [9.17, 15) is 4.39 Å². The highest BCUT2D eigenvalue weighted by Crippen LogP contribution is 2.31. The summed E-state index contributed by atoms with van der Waals surface area (Å²) in [5.74, 6) is -0.493. The van der Waals surface area contributed by atoms with Crippen molar-refractivity contribution < 1.29 is 4.39 Å². The number of unbranched alkanes of at least 4 members (excludes halogenated alkanes) is 1. The van der Waals surface area contributed by atoms with Gasteiger partial charge in [0.2, 0.25) is 0 Å². The van der Waals surface area contributed by atoms with Crippen molar-refractivity contribution in [2.24, 2.45) is 5.73 Å². The quantitative estimate of drug-likeness (QED) is 0.795. The van der Waals surface area contributed by atoms with Gasteiger partial charge in [-0.05, 0) is 18.6 Å². The predicted molar refractivity (Wildman–Crippen MR) is 70.1 cm³/mol. The lowest BCUT2D eigenvalue weighted by Gasteiger charge is -2.14. The third kappa shape index (κ3) is 3.77. The normalized spacial score (nSPS) is 12.1. The van der Waals surface area contributed by atoms with Crippen molar-refractivity contribution in [3.05, 3.63) is 33.6 Å². The van der Waals surface area contributed by atoms with Gasteiger partial charge >= 0.3 is 0 Å². The van der Waals surface area contributed by atoms with Gasteiger partial charge in [0.15, 0.2) is 0 Å². The Morgan fingerprint density at radius 2 is 1.88 bits per heavy atom. The Labute approximate surface area is 112 Å². The zero-order chi connectivity index (χ0) is 11.4. The van der Waals surface area contributed by atoms with Crippen LogP contribution in [0.15, 0.2) is 12.1 Å². The van der Waals surface area contributed by atoms with Crippen LogP contribution in [0.2, 0.25) is 10.0 Å². The summed E-state index contributed by atoms with van der Waals surface area (Å²) in [5.41, 5.74) is 6.20. The largest absolute Gasteiger partial charge is 0.324 e. The van der Waals surface area contributed by atoms with E-state index in [0.717, 1.165) is 12.8 Å². The van der Waals surface area contributed by atoms with Crippen molar-refractivity contribution in [1.82, 2.24) is 0 Å². The molecule has 0 aliphatic carbocycles. The van der Waals surface area contributed by atoms with Gasteiger partial charge in [0.1, 0.15) is 5.82 Å². The van der Waals surface area contributed by atoms with E-state index >= 15 is 0 Å². The highest BCUT2D eigenvalue weighted by atomic mass is 35.5. The molecule has 5 heteroatoms. The van der Waals surface area contributed by atoms with Crippen LogP contribution in [0.5, 0.6) is 0 Å². The van der Waals surface area contributed by atoms with Crippen LogP contribution < -0.4 is 5.73 Å². The topological polar surface area (TPSA) is 26.0 Å². The average molecular weight is 287 g/mol. The molecule has 0 aromatic heterocycles. The molecule has 1 aromatic carbocycles. The Morgan fingerprint density at radius 1 is 1.31 bits per heavy atom. The molecule has 0 aliphatic rings. The van der Waals surface area contributed by atoms with Crippen molar-refractivity contribution in [2.45, 2.75) is 32.2 Å². The highest BCUT2D eigenvalue weighted by Gasteiger charge is 2.17. The summed E-state index contributed by atoms with van der Waals surface area (Å²) in [5, 5.41) is 0.418. The Kier molecular flexibility index (Phi) is 7.32. The fourth-order valence-corrected chi connectivity index (χ4v) is 1.90. The van der Waals surface area contributed by atoms with E-state index in [2.05, 4.69) is 6.92 Å². The monoisotopic (exact) mass is 285 g/mol. The van der Waals surface area contributed by atoms with Crippen molar-refractivity contribution in [3.63, 3.8) is 0 Å². The molecule has 1 aromatic rings. The Hall–Kier alpha value is -0.0200.